The monoisotopic (exact) mass is 183 g/mol. The first kappa shape index (κ1) is 7.36. The summed E-state index contributed by atoms with van der Waals surface area (Å²) in [5.41, 5.74) is 1.63. The molecular formula is C7H6ClN3O. The van der Waals surface area contributed by atoms with Gasteiger partial charge in [-0.1, -0.05) is 0 Å². The Morgan fingerprint density at radius 3 is 2.92 bits per heavy atom. The van der Waals surface area contributed by atoms with Crippen LogP contribution in [-0.4, -0.2) is 17.1 Å². The maximum absolute atomic E-state index is 5.61. The van der Waals surface area contributed by atoms with Crippen LogP contribution in [0.5, 0.6) is 5.75 Å². The van der Waals surface area contributed by atoms with Crippen LogP contribution in [0, 0.1) is 0 Å². The topological polar surface area (TPSA) is 57.0 Å². The Morgan fingerprint density at radius 1 is 1.58 bits per heavy atom. The van der Waals surface area contributed by atoms with Crippen molar-refractivity contribution in [2.75, 3.05) is 7.11 Å². The smallest absolute Gasteiger partial charge is 0.223 e. The Kier molecular flexibility index (Phi) is 1.62. The number of ether oxygens (including phenoxy) is 1. The number of halogens is 1. The number of aromatic nitrogens is 2. The molecule has 12 heavy (non-hydrogen) atoms. The van der Waals surface area contributed by atoms with E-state index in [0.29, 0.717) is 11.4 Å². The van der Waals surface area contributed by atoms with Crippen LogP contribution in [0.2, 0.25) is 5.28 Å². The van der Waals surface area contributed by atoms with E-state index in [1.54, 1.807) is 13.3 Å². The molecule has 1 aromatic heterocycles. The zero-order valence-electron chi connectivity index (χ0n) is 6.34. The van der Waals surface area contributed by atoms with E-state index >= 15 is 0 Å². The van der Waals surface area contributed by atoms with Crippen molar-refractivity contribution in [3.05, 3.63) is 23.4 Å². The molecule has 0 saturated heterocycles. The van der Waals surface area contributed by atoms with Crippen LogP contribution in [0.25, 0.3) is 5.70 Å². The molecule has 4 nitrogen and oxygen atoms in total. The Morgan fingerprint density at radius 2 is 2.33 bits per heavy atom. The molecule has 0 bridgehead atoms. The van der Waals surface area contributed by atoms with Gasteiger partial charge in [-0.3, -0.25) is 0 Å². The van der Waals surface area contributed by atoms with Gasteiger partial charge in [0.15, 0.2) is 5.75 Å². The average molecular weight is 184 g/mol. The molecule has 5 heteroatoms. The molecule has 1 aromatic rings. The minimum Gasteiger partial charge on any atom is -0.493 e. The van der Waals surface area contributed by atoms with Crippen LogP contribution in [0.1, 0.15) is 5.69 Å². The summed E-state index contributed by atoms with van der Waals surface area (Å²) in [4.78, 5) is 7.80. The highest BCUT2D eigenvalue weighted by molar-refractivity contribution is 6.28. The van der Waals surface area contributed by atoms with Gasteiger partial charge >= 0.3 is 0 Å². The number of nitrogens with one attached hydrogen (secondary N) is 1. The number of hydrogen-bond donors (Lipinski definition) is 1. The first-order valence-corrected chi connectivity index (χ1v) is 3.72. The summed E-state index contributed by atoms with van der Waals surface area (Å²) in [6, 6.07) is 0. The second kappa shape index (κ2) is 2.64. The maximum atomic E-state index is 5.61. The van der Waals surface area contributed by atoms with Gasteiger partial charge in [-0.2, -0.15) is 0 Å². The van der Waals surface area contributed by atoms with Gasteiger partial charge in [-0.15, -0.1) is 0 Å². The van der Waals surface area contributed by atoms with Crippen molar-refractivity contribution in [1.82, 2.24) is 15.3 Å². The van der Waals surface area contributed by atoms with Crippen molar-refractivity contribution >= 4 is 17.3 Å². The molecule has 1 aliphatic rings. The summed E-state index contributed by atoms with van der Waals surface area (Å²) in [5, 5.41) is 3.14. The van der Waals surface area contributed by atoms with Crippen molar-refractivity contribution in [3.8, 4) is 5.75 Å². The molecule has 62 valence electrons. The van der Waals surface area contributed by atoms with Crippen LogP contribution >= 0.6 is 11.6 Å². The summed E-state index contributed by atoms with van der Waals surface area (Å²) in [6.07, 6.45) is 3.37. The summed E-state index contributed by atoms with van der Waals surface area (Å²) >= 11 is 5.61. The van der Waals surface area contributed by atoms with E-state index in [4.69, 9.17) is 16.3 Å². The van der Waals surface area contributed by atoms with Crippen LogP contribution < -0.4 is 10.1 Å². The highest BCUT2D eigenvalue weighted by Gasteiger charge is 2.17. The predicted octanol–water partition coefficient (Wildman–Crippen LogP) is 1.04. The molecule has 0 spiro atoms. The molecule has 1 aliphatic heterocycles. The molecule has 0 atom stereocenters. The zero-order valence-corrected chi connectivity index (χ0v) is 7.09. The second-order valence-corrected chi connectivity index (χ2v) is 2.60. The number of methoxy groups -OCH3 is 1. The Bertz CT molecular complexity index is 351. The summed E-state index contributed by atoms with van der Waals surface area (Å²) in [7, 11) is 1.57. The van der Waals surface area contributed by atoms with Crippen molar-refractivity contribution in [1.29, 1.82) is 0 Å². The largest absolute Gasteiger partial charge is 0.493 e. The SMILES string of the molecule is COc1cnc(Cl)nc1C1=CN1. The van der Waals surface area contributed by atoms with Crippen LogP contribution in [-0.2, 0) is 0 Å². The van der Waals surface area contributed by atoms with Crippen molar-refractivity contribution < 1.29 is 4.74 Å². The van der Waals surface area contributed by atoms with E-state index in [2.05, 4.69) is 15.3 Å². The molecule has 0 aromatic carbocycles. The van der Waals surface area contributed by atoms with Gasteiger partial charge in [0.2, 0.25) is 5.28 Å². The van der Waals surface area contributed by atoms with Crippen molar-refractivity contribution in [2.24, 2.45) is 0 Å². The lowest BCUT2D eigenvalue weighted by Crippen LogP contribution is -1.96. The van der Waals surface area contributed by atoms with E-state index < -0.39 is 0 Å². The molecule has 2 rings (SSSR count). The van der Waals surface area contributed by atoms with E-state index in [1.807, 2.05) is 6.20 Å². The predicted molar refractivity (Wildman–Crippen MR) is 44.7 cm³/mol. The van der Waals surface area contributed by atoms with Gasteiger partial charge in [0, 0.05) is 6.20 Å². The number of rotatable bonds is 2. The molecule has 0 radical (unpaired) electrons. The normalized spacial score (nSPS) is 13.3. The quantitative estimate of drug-likeness (QED) is 0.697. The summed E-state index contributed by atoms with van der Waals surface area (Å²) in [5.74, 6) is 0.621. The first-order chi connectivity index (χ1) is 5.81. The highest BCUT2D eigenvalue weighted by Crippen LogP contribution is 2.26. The summed E-state index contributed by atoms with van der Waals surface area (Å²) < 4.78 is 5.04. The molecule has 0 unspecified atom stereocenters. The Balaban J connectivity index is 2.47. The van der Waals surface area contributed by atoms with Crippen molar-refractivity contribution in [2.45, 2.75) is 0 Å². The standard InChI is InChI=1S/C7H6ClN3O/c1-12-5-3-10-7(8)11-6(5)4-2-9-4/h2-3,9H,1H3. The average Bonchev–Trinajstić information content (AvgIpc) is 2.87. The molecule has 1 N–H and O–H groups in total. The third kappa shape index (κ3) is 1.21. The van der Waals surface area contributed by atoms with E-state index in [9.17, 15) is 0 Å². The van der Waals surface area contributed by atoms with E-state index in [0.717, 1.165) is 5.70 Å². The number of nitrogens with zero attached hydrogens (tertiary/aromatic N) is 2. The lowest BCUT2D eigenvalue weighted by Gasteiger charge is -2.02. The lowest BCUT2D eigenvalue weighted by molar-refractivity contribution is 0.409. The van der Waals surface area contributed by atoms with Gasteiger partial charge < -0.3 is 10.1 Å². The highest BCUT2D eigenvalue weighted by atomic mass is 35.5. The molecule has 0 amide bonds. The van der Waals surface area contributed by atoms with Gasteiger partial charge in [-0.25, -0.2) is 9.97 Å². The first-order valence-electron chi connectivity index (χ1n) is 3.35. The molecular weight excluding hydrogens is 178 g/mol. The number of hydrogen-bond acceptors (Lipinski definition) is 4. The van der Waals surface area contributed by atoms with Gasteiger partial charge in [0.05, 0.1) is 19.0 Å². The fourth-order valence-corrected chi connectivity index (χ4v) is 0.998. The van der Waals surface area contributed by atoms with Crippen LogP contribution in [0.4, 0.5) is 0 Å². The van der Waals surface area contributed by atoms with Crippen LogP contribution in [0.3, 0.4) is 0 Å². The van der Waals surface area contributed by atoms with Crippen molar-refractivity contribution in [3.63, 3.8) is 0 Å². The zero-order chi connectivity index (χ0) is 8.55. The fraction of sp³-hybridized carbons (Fsp3) is 0.143. The molecule has 2 heterocycles. The summed E-state index contributed by atoms with van der Waals surface area (Å²) in [6.45, 7) is 0. The maximum Gasteiger partial charge on any atom is 0.223 e. The van der Waals surface area contributed by atoms with Gasteiger partial charge in [-0.05, 0) is 11.6 Å². The molecule has 0 saturated carbocycles. The lowest BCUT2D eigenvalue weighted by atomic mass is 10.3. The fourth-order valence-electron chi connectivity index (χ4n) is 0.864. The van der Waals surface area contributed by atoms with Crippen LogP contribution in [0.15, 0.2) is 12.4 Å². The molecule has 0 aliphatic carbocycles. The minimum absolute atomic E-state index is 0.223. The second-order valence-electron chi connectivity index (χ2n) is 2.26. The third-order valence-corrected chi connectivity index (χ3v) is 1.67. The third-order valence-electron chi connectivity index (χ3n) is 1.49. The van der Waals surface area contributed by atoms with E-state index in [-0.39, 0.29) is 5.28 Å². The Hall–Kier alpha value is -1.29. The minimum atomic E-state index is 0.223. The Labute approximate surface area is 74.2 Å². The van der Waals surface area contributed by atoms with Gasteiger partial charge in [0.25, 0.3) is 0 Å². The molecule has 0 fully saturated rings. The van der Waals surface area contributed by atoms with E-state index in [1.165, 1.54) is 0 Å². The van der Waals surface area contributed by atoms with Gasteiger partial charge in [0.1, 0.15) is 5.69 Å².